The maximum absolute atomic E-state index is 12.5. The second kappa shape index (κ2) is 7.68. The lowest BCUT2D eigenvalue weighted by atomic mass is 10.1. The van der Waals surface area contributed by atoms with Gasteiger partial charge in [-0.25, -0.2) is 0 Å². The minimum absolute atomic E-state index is 0. The van der Waals surface area contributed by atoms with Gasteiger partial charge in [0.05, 0.1) is 17.7 Å². The first-order valence-corrected chi connectivity index (χ1v) is 7.51. The zero-order valence-corrected chi connectivity index (χ0v) is 15.0. The van der Waals surface area contributed by atoms with Gasteiger partial charge < -0.3 is 15.0 Å². The predicted molar refractivity (Wildman–Crippen MR) is 91.3 cm³/mol. The Labute approximate surface area is 143 Å². The summed E-state index contributed by atoms with van der Waals surface area (Å²) in [6, 6.07) is 3.70. The topological polar surface area (TPSA) is 41.6 Å². The zero-order valence-electron chi connectivity index (χ0n) is 11.3. The molecule has 0 aromatic heterocycles. The van der Waals surface area contributed by atoms with Crippen LogP contribution in [0.25, 0.3) is 0 Å². The molecule has 1 fully saturated rings. The second-order valence-corrected chi connectivity index (χ2v) is 6.10. The quantitative estimate of drug-likeness (QED) is 0.749. The molecule has 1 saturated heterocycles. The fraction of sp³-hybridized carbons (Fsp3) is 0.462. The third-order valence-corrected chi connectivity index (χ3v) is 4.90. The molecule has 0 spiro atoms. The number of nitrogens with zero attached hydrogens (tertiary/aromatic N) is 1. The standard InChI is InChI=1S/C13H16ClIN2O2.ClH/c1-17(8-3-4-16-7-8)13(18)9-5-10(14)11(15)6-12(9)19-2;/h5-6,8,16H,3-4,7H2,1-2H3;1H. The van der Waals surface area contributed by atoms with Crippen LogP contribution in [0.5, 0.6) is 5.75 Å². The summed E-state index contributed by atoms with van der Waals surface area (Å²) in [5.74, 6) is 0.514. The Hall–Kier alpha value is -0.240. The van der Waals surface area contributed by atoms with Crippen molar-refractivity contribution in [1.29, 1.82) is 0 Å². The number of methoxy groups -OCH3 is 1. The maximum Gasteiger partial charge on any atom is 0.257 e. The Morgan fingerprint density at radius 1 is 1.55 bits per heavy atom. The van der Waals surface area contributed by atoms with Gasteiger partial charge in [0.2, 0.25) is 0 Å². The van der Waals surface area contributed by atoms with Crippen molar-refractivity contribution in [1.82, 2.24) is 10.2 Å². The molecule has 1 aromatic carbocycles. The molecule has 2 rings (SSSR count). The number of nitrogens with one attached hydrogen (secondary N) is 1. The van der Waals surface area contributed by atoms with E-state index in [1.165, 1.54) is 0 Å². The first-order valence-electron chi connectivity index (χ1n) is 6.05. The summed E-state index contributed by atoms with van der Waals surface area (Å²) < 4.78 is 6.16. The molecule has 0 aliphatic carbocycles. The maximum atomic E-state index is 12.5. The average Bonchev–Trinajstić information content (AvgIpc) is 2.93. The minimum Gasteiger partial charge on any atom is -0.496 e. The fourth-order valence-corrected chi connectivity index (χ4v) is 2.79. The highest BCUT2D eigenvalue weighted by Crippen LogP contribution is 2.29. The third-order valence-electron chi connectivity index (χ3n) is 3.38. The Kier molecular flexibility index (Phi) is 6.84. The second-order valence-electron chi connectivity index (χ2n) is 4.53. The van der Waals surface area contributed by atoms with Crippen molar-refractivity contribution in [3.63, 3.8) is 0 Å². The molecule has 1 aliphatic heterocycles. The molecule has 7 heteroatoms. The summed E-state index contributed by atoms with van der Waals surface area (Å²) in [5.41, 5.74) is 0.516. The van der Waals surface area contributed by atoms with E-state index in [-0.39, 0.29) is 24.4 Å². The molecule has 1 amide bonds. The van der Waals surface area contributed by atoms with Crippen molar-refractivity contribution < 1.29 is 9.53 Å². The van der Waals surface area contributed by atoms with E-state index in [1.807, 2.05) is 7.05 Å². The number of carbonyl (C=O) groups excluding carboxylic acids is 1. The van der Waals surface area contributed by atoms with E-state index < -0.39 is 0 Å². The van der Waals surface area contributed by atoms with Crippen LogP contribution in [0.3, 0.4) is 0 Å². The van der Waals surface area contributed by atoms with Crippen LogP contribution in [0.1, 0.15) is 16.8 Å². The van der Waals surface area contributed by atoms with Crippen molar-refractivity contribution in [2.45, 2.75) is 12.5 Å². The van der Waals surface area contributed by atoms with Gasteiger partial charge in [-0.15, -0.1) is 12.4 Å². The van der Waals surface area contributed by atoms with Crippen LogP contribution in [0.2, 0.25) is 5.02 Å². The lowest BCUT2D eigenvalue weighted by Gasteiger charge is -2.24. The molecule has 112 valence electrons. The van der Waals surface area contributed by atoms with Gasteiger partial charge in [0.15, 0.2) is 0 Å². The molecule has 1 aliphatic rings. The number of benzene rings is 1. The van der Waals surface area contributed by atoms with Crippen LogP contribution in [0.15, 0.2) is 12.1 Å². The van der Waals surface area contributed by atoms with Crippen molar-refractivity contribution in [2.24, 2.45) is 0 Å². The van der Waals surface area contributed by atoms with Crippen LogP contribution in [-0.4, -0.2) is 44.1 Å². The number of hydrogen-bond acceptors (Lipinski definition) is 3. The summed E-state index contributed by atoms with van der Waals surface area (Å²) in [4.78, 5) is 14.3. The number of likely N-dealkylation sites (N-methyl/N-ethyl adjacent to an activating group) is 1. The summed E-state index contributed by atoms with van der Waals surface area (Å²) >= 11 is 8.23. The summed E-state index contributed by atoms with van der Waals surface area (Å²) in [6.07, 6.45) is 0.975. The van der Waals surface area contributed by atoms with E-state index in [2.05, 4.69) is 27.9 Å². The van der Waals surface area contributed by atoms with Crippen molar-refractivity contribution in [3.05, 3.63) is 26.3 Å². The van der Waals surface area contributed by atoms with E-state index in [4.69, 9.17) is 16.3 Å². The van der Waals surface area contributed by atoms with Gasteiger partial charge in [-0.05, 0) is 47.7 Å². The molecule has 0 bridgehead atoms. The molecule has 4 nitrogen and oxygen atoms in total. The van der Waals surface area contributed by atoms with Crippen molar-refractivity contribution in [2.75, 3.05) is 27.2 Å². The van der Waals surface area contributed by atoms with E-state index in [0.29, 0.717) is 16.3 Å². The summed E-state index contributed by atoms with van der Waals surface area (Å²) in [6.45, 7) is 1.79. The summed E-state index contributed by atoms with van der Waals surface area (Å²) in [5, 5.41) is 3.83. The number of rotatable bonds is 3. The lowest BCUT2D eigenvalue weighted by molar-refractivity contribution is 0.0740. The first-order chi connectivity index (χ1) is 9.04. The SMILES string of the molecule is COc1cc(I)c(Cl)cc1C(=O)N(C)C1CCNC1.Cl. The van der Waals surface area contributed by atoms with Crippen LogP contribution >= 0.6 is 46.6 Å². The predicted octanol–water partition coefficient (Wildman–Crippen LogP) is 2.81. The number of halogens is 3. The van der Waals surface area contributed by atoms with Crippen molar-refractivity contribution >= 4 is 52.5 Å². The largest absolute Gasteiger partial charge is 0.496 e. The van der Waals surface area contributed by atoms with Crippen LogP contribution in [-0.2, 0) is 0 Å². The first kappa shape index (κ1) is 17.8. The molecular weight excluding hydrogens is 414 g/mol. The number of carbonyl (C=O) groups is 1. The Bertz CT molecular complexity index is 494. The Morgan fingerprint density at radius 3 is 2.80 bits per heavy atom. The van der Waals surface area contributed by atoms with Crippen LogP contribution in [0.4, 0.5) is 0 Å². The summed E-state index contributed by atoms with van der Waals surface area (Å²) in [7, 11) is 3.39. The highest BCUT2D eigenvalue weighted by Gasteiger charge is 2.26. The average molecular weight is 431 g/mol. The molecular formula is C13H17Cl2IN2O2. The van der Waals surface area contributed by atoms with Gasteiger partial charge in [0, 0.05) is 23.2 Å². The van der Waals surface area contributed by atoms with Crippen LogP contribution < -0.4 is 10.1 Å². The van der Waals surface area contributed by atoms with Gasteiger partial charge in [-0.1, -0.05) is 11.6 Å². The molecule has 1 atom stereocenters. The molecule has 1 N–H and O–H groups in total. The Morgan fingerprint density at radius 2 is 2.25 bits per heavy atom. The highest BCUT2D eigenvalue weighted by atomic mass is 127. The highest BCUT2D eigenvalue weighted by molar-refractivity contribution is 14.1. The third kappa shape index (κ3) is 3.69. The van der Waals surface area contributed by atoms with Crippen molar-refractivity contribution in [3.8, 4) is 5.75 Å². The number of amides is 1. The van der Waals surface area contributed by atoms with E-state index in [9.17, 15) is 4.79 Å². The van der Waals surface area contributed by atoms with Gasteiger partial charge in [0.1, 0.15) is 5.75 Å². The minimum atomic E-state index is -0.0520. The van der Waals surface area contributed by atoms with E-state index in [0.717, 1.165) is 23.1 Å². The molecule has 20 heavy (non-hydrogen) atoms. The molecule has 1 unspecified atom stereocenters. The van der Waals surface area contributed by atoms with Crippen LogP contribution in [0, 0.1) is 3.57 Å². The van der Waals surface area contributed by atoms with Gasteiger partial charge in [-0.3, -0.25) is 4.79 Å². The zero-order chi connectivity index (χ0) is 14.0. The Balaban J connectivity index is 0.00000200. The molecule has 1 heterocycles. The van der Waals surface area contributed by atoms with Gasteiger partial charge in [0.25, 0.3) is 5.91 Å². The van der Waals surface area contributed by atoms with Gasteiger partial charge in [-0.2, -0.15) is 0 Å². The van der Waals surface area contributed by atoms with Gasteiger partial charge >= 0.3 is 0 Å². The lowest BCUT2D eigenvalue weighted by Crippen LogP contribution is -2.38. The monoisotopic (exact) mass is 430 g/mol. The normalized spacial score (nSPS) is 17.5. The smallest absolute Gasteiger partial charge is 0.257 e. The fourth-order valence-electron chi connectivity index (χ4n) is 2.19. The molecule has 1 aromatic rings. The van der Waals surface area contributed by atoms with E-state index >= 15 is 0 Å². The molecule has 0 saturated carbocycles. The number of hydrogen-bond donors (Lipinski definition) is 1. The molecule has 0 radical (unpaired) electrons. The number of ether oxygens (including phenoxy) is 1. The van der Waals surface area contributed by atoms with E-state index in [1.54, 1.807) is 24.1 Å².